The van der Waals surface area contributed by atoms with Gasteiger partial charge in [-0.1, -0.05) is 20.8 Å². The van der Waals surface area contributed by atoms with Gasteiger partial charge in [-0.3, -0.25) is 4.79 Å². The highest BCUT2D eigenvalue weighted by molar-refractivity contribution is 5.66. The van der Waals surface area contributed by atoms with Crippen LogP contribution in [0.25, 0.3) is 0 Å². The van der Waals surface area contributed by atoms with E-state index in [1.807, 2.05) is 0 Å². The van der Waals surface area contributed by atoms with Crippen LogP contribution in [0.2, 0.25) is 0 Å². The molecule has 4 heteroatoms. The number of hydrogen-bond acceptors (Lipinski definition) is 3. The maximum atomic E-state index is 11.2. The molecule has 0 saturated heterocycles. The molecule has 0 aromatic carbocycles. The number of aliphatic hydroxyl groups excluding tert-OH is 2. The molecule has 160 valence electrons. The molecule has 4 aliphatic carbocycles. The summed E-state index contributed by atoms with van der Waals surface area (Å²) in [7, 11) is 0. The standard InChI is InChI=1S/C24H40O4/c1-14(4-7-21(27)28)17-5-6-18-22-19(9-11-24(17,18)3)23(2)10-8-16(25)12-15(23)13-20(22)26/h14-20,22,25-26H,4-13H2,1-3H3,(H,27,28)/t14-,15+,16+,17-,18+,19+,20+,22+,23+,24-/m0/s1. The zero-order valence-corrected chi connectivity index (χ0v) is 17.9. The van der Waals surface area contributed by atoms with Crippen molar-refractivity contribution >= 4 is 5.97 Å². The van der Waals surface area contributed by atoms with Crippen molar-refractivity contribution in [1.82, 2.24) is 0 Å². The van der Waals surface area contributed by atoms with Gasteiger partial charge in [-0.15, -0.1) is 0 Å². The lowest BCUT2D eigenvalue weighted by atomic mass is 9.43. The van der Waals surface area contributed by atoms with Crippen molar-refractivity contribution in [1.29, 1.82) is 0 Å². The molecule has 0 aliphatic heterocycles. The van der Waals surface area contributed by atoms with Gasteiger partial charge in [0, 0.05) is 6.42 Å². The molecular formula is C24H40O4. The molecule has 0 aromatic rings. The lowest BCUT2D eigenvalue weighted by Crippen LogP contribution is -2.58. The third-order valence-electron chi connectivity index (χ3n) is 10.2. The minimum Gasteiger partial charge on any atom is -0.481 e. The predicted molar refractivity (Wildman–Crippen MR) is 109 cm³/mol. The van der Waals surface area contributed by atoms with Gasteiger partial charge in [-0.2, -0.15) is 0 Å². The lowest BCUT2D eigenvalue weighted by Gasteiger charge is -2.62. The average molecular weight is 393 g/mol. The third-order valence-corrected chi connectivity index (χ3v) is 10.2. The SMILES string of the molecule is C[C@@H](CCC(=O)O)[C@@H]1CC[C@@H]2[C@H]3[C@H](O)C[C@H]4C[C@H](O)CC[C@@]4(C)[C@@H]3CC[C@]21C. The van der Waals surface area contributed by atoms with Crippen LogP contribution in [0, 0.1) is 46.3 Å². The number of aliphatic hydroxyl groups is 2. The fourth-order valence-electron chi connectivity index (χ4n) is 8.73. The van der Waals surface area contributed by atoms with E-state index in [4.69, 9.17) is 5.11 Å². The molecular weight excluding hydrogens is 352 g/mol. The van der Waals surface area contributed by atoms with Crippen LogP contribution in [0.15, 0.2) is 0 Å². The zero-order valence-electron chi connectivity index (χ0n) is 17.9. The van der Waals surface area contributed by atoms with Gasteiger partial charge in [0.2, 0.25) is 0 Å². The third kappa shape index (κ3) is 3.14. The molecule has 4 aliphatic rings. The molecule has 4 rings (SSSR count). The second kappa shape index (κ2) is 7.27. The van der Waals surface area contributed by atoms with Crippen LogP contribution >= 0.6 is 0 Å². The second-order valence-corrected chi connectivity index (χ2v) is 11.4. The van der Waals surface area contributed by atoms with Crippen LogP contribution in [-0.4, -0.2) is 33.5 Å². The Morgan fingerprint density at radius 2 is 1.68 bits per heavy atom. The van der Waals surface area contributed by atoms with Gasteiger partial charge in [0.25, 0.3) is 0 Å². The Bertz CT molecular complexity index is 605. The molecule has 4 nitrogen and oxygen atoms in total. The first-order valence-electron chi connectivity index (χ1n) is 11.7. The Morgan fingerprint density at radius 1 is 1.00 bits per heavy atom. The Balaban J connectivity index is 1.55. The normalized spacial score (nSPS) is 51.7. The Kier molecular flexibility index (Phi) is 5.36. The van der Waals surface area contributed by atoms with Crippen LogP contribution in [0.3, 0.4) is 0 Å². The average Bonchev–Trinajstić information content (AvgIpc) is 2.98. The molecule has 3 N–H and O–H groups in total. The van der Waals surface area contributed by atoms with E-state index in [2.05, 4.69) is 20.8 Å². The van der Waals surface area contributed by atoms with Crippen LogP contribution in [0.5, 0.6) is 0 Å². The minimum absolute atomic E-state index is 0.179. The fraction of sp³-hybridized carbons (Fsp3) is 0.958. The highest BCUT2D eigenvalue weighted by atomic mass is 16.4. The summed E-state index contributed by atoms with van der Waals surface area (Å²) in [5, 5.41) is 30.5. The van der Waals surface area contributed by atoms with Crippen LogP contribution < -0.4 is 0 Å². The van der Waals surface area contributed by atoms with Crippen LogP contribution in [-0.2, 0) is 4.79 Å². The van der Waals surface area contributed by atoms with Gasteiger partial charge in [0.1, 0.15) is 0 Å². The van der Waals surface area contributed by atoms with E-state index in [1.165, 1.54) is 25.7 Å². The quantitative estimate of drug-likeness (QED) is 0.659. The lowest BCUT2D eigenvalue weighted by molar-refractivity contribution is -0.174. The van der Waals surface area contributed by atoms with E-state index >= 15 is 0 Å². The smallest absolute Gasteiger partial charge is 0.303 e. The molecule has 28 heavy (non-hydrogen) atoms. The van der Waals surface area contributed by atoms with E-state index in [1.54, 1.807) is 0 Å². The van der Waals surface area contributed by atoms with Crippen molar-refractivity contribution in [3.63, 3.8) is 0 Å². The first-order valence-corrected chi connectivity index (χ1v) is 11.7. The van der Waals surface area contributed by atoms with Gasteiger partial charge in [0.05, 0.1) is 12.2 Å². The molecule has 4 saturated carbocycles. The summed E-state index contributed by atoms with van der Waals surface area (Å²) in [6.07, 6.45) is 9.19. The summed E-state index contributed by atoms with van der Waals surface area (Å²) in [5.41, 5.74) is 0.523. The van der Waals surface area contributed by atoms with Gasteiger partial charge in [-0.25, -0.2) is 0 Å². The van der Waals surface area contributed by atoms with E-state index in [9.17, 15) is 15.0 Å². The highest BCUT2D eigenvalue weighted by Gasteiger charge is 2.62. The number of carboxylic acid groups (broad SMARTS) is 1. The topological polar surface area (TPSA) is 77.8 Å². The fourth-order valence-corrected chi connectivity index (χ4v) is 8.73. The van der Waals surface area contributed by atoms with Crippen molar-refractivity contribution in [2.24, 2.45) is 46.3 Å². The Morgan fingerprint density at radius 3 is 2.39 bits per heavy atom. The number of carbonyl (C=O) groups is 1. The molecule has 10 atom stereocenters. The number of rotatable bonds is 4. The number of fused-ring (bicyclic) bond motifs is 5. The van der Waals surface area contributed by atoms with E-state index in [0.717, 1.165) is 32.1 Å². The van der Waals surface area contributed by atoms with Crippen molar-refractivity contribution in [2.75, 3.05) is 0 Å². The first kappa shape index (κ1) is 20.7. The van der Waals surface area contributed by atoms with E-state index in [0.29, 0.717) is 35.5 Å². The number of carboxylic acids is 1. The predicted octanol–water partition coefficient (Wildman–Crippen LogP) is 4.48. The van der Waals surface area contributed by atoms with Gasteiger partial charge in [0.15, 0.2) is 0 Å². The summed E-state index contributed by atoms with van der Waals surface area (Å²) in [6.45, 7) is 7.16. The molecule has 0 heterocycles. The molecule has 0 radical (unpaired) electrons. The summed E-state index contributed by atoms with van der Waals surface area (Å²) in [4.78, 5) is 11.1. The highest BCUT2D eigenvalue weighted by Crippen LogP contribution is 2.68. The summed E-state index contributed by atoms with van der Waals surface area (Å²) >= 11 is 0. The van der Waals surface area contributed by atoms with Crippen LogP contribution in [0.4, 0.5) is 0 Å². The maximum Gasteiger partial charge on any atom is 0.303 e. The Labute approximate surface area is 170 Å². The van der Waals surface area contributed by atoms with Gasteiger partial charge < -0.3 is 15.3 Å². The molecule has 0 bridgehead atoms. The number of hydrogen-bond donors (Lipinski definition) is 3. The first-order chi connectivity index (χ1) is 13.2. The number of aliphatic carboxylic acids is 1. The molecule has 0 unspecified atom stereocenters. The Hall–Kier alpha value is -0.610. The molecule has 4 fully saturated rings. The van der Waals surface area contributed by atoms with Gasteiger partial charge >= 0.3 is 5.97 Å². The molecule has 0 amide bonds. The maximum absolute atomic E-state index is 11.2. The van der Waals surface area contributed by atoms with Crippen molar-refractivity contribution in [3.05, 3.63) is 0 Å². The monoisotopic (exact) mass is 392 g/mol. The second-order valence-electron chi connectivity index (χ2n) is 11.4. The largest absolute Gasteiger partial charge is 0.481 e. The van der Waals surface area contributed by atoms with Crippen molar-refractivity contribution in [3.8, 4) is 0 Å². The van der Waals surface area contributed by atoms with E-state index < -0.39 is 5.97 Å². The zero-order chi connectivity index (χ0) is 20.3. The van der Waals surface area contributed by atoms with Crippen molar-refractivity contribution in [2.45, 2.75) is 97.2 Å². The van der Waals surface area contributed by atoms with Crippen LogP contribution in [0.1, 0.15) is 85.0 Å². The minimum atomic E-state index is -0.684. The molecule has 0 aromatic heterocycles. The summed E-state index contributed by atoms with van der Waals surface area (Å²) in [6, 6.07) is 0. The van der Waals surface area contributed by atoms with Gasteiger partial charge in [-0.05, 0) is 104 Å². The van der Waals surface area contributed by atoms with E-state index in [-0.39, 0.29) is 29.5 Å². The molecule has 0 spiro atoms. The summed E-state index contributed by atoms with van der Waals surface area (Å²) < 4.78 is 0. The summed E-state index contributed by atoms with van der Waals surface area (Å²) in [5.74, 6) is 2.36. The van der Waals surface area contributed by atoms with Crippen molar-refractivity contribution < 1.29 is 20.1 Å².